The summed E-state index contributed by atoms with van der Waals surface area (Å²) in [5.74, 6) is 2.48. The van der Waals surface area contributed by atoms with Crippen molar-refractivity contribution in [2.45, 2.75) is 25.9 Å². The fourth-order valence-corrected chi connectivity index (χ4v) is 6.78. The first-order chi connectivity index (χ1) is 25.2. The maximum absolute atomic E-state index is 14.1. The fourth-order valence-electron chi connectivity index (χ4n) is 6.58. The van der Waals surface area contributed by atoms with Crippen LogP contribution in [-0.2, 0) is 18.9 Å². The number of phenols is 1. The Morgan fingerprint density at radius 1 is 0.712 bits per heavy atom. The predicted octanol–water partition coefficient (Wildman–Crippen LogP) is 3.71. The summed E-state index contributed by atoms with van der Waals surface area (Å²) in [6.45, 7) is 14.7. The van der Waals surface area contributed by atoms with Gasteiger partial charge in [0.25, 0.3) is 6.43 Å². The molecule has 4 aromatic rings. The van der Waals surface area contributed by atoms with E-state index in [9.17, 15) is 13.9 Å². The van der Waals surface area contributed by atoms with Gasteiger partial charge >= 0.3 is 0 Å². The van der Waals surface area contributed by atoms with Crippen LogP contribution in [0.2, 0.25) is 5.02 Å². The summed E-state index contributed by atoms with van der Waals surface area (Å²) >= 11 is 6.19. The van der Waals surface area contributed by atoms with Gasteiger partial charge in [0, 0.05) is 64.5 Å². The number of anilines is 4. The van der Waals surface area contributed by atoms with Crippen LogP contribution in [0, 0.1) is 0 Å². The topological polar surface area (TPSA) is 139 Å². The van der Waals surface area contributed by atoms with Crippen molar-refractivity contribution in [2.24, 2.45) is 0 Å². The average Bonchev–Trinajstić information content (AvgIpc) is 3.58. The van der Waals surface area contributed by atoms with Gasteiger partial charge in [-0.05, 0) is 26.0 Å². The number of hydrogen-bond acceptors (Lipinski definition) is 14. The van der Waals surface area contributed by atoms with Crippen LogP contribution < -0.4 is 19.6 Å². The molecule has 0 saturated carbocycles. The average molecular weight is 745 g/mol. The summed E-state index contributed by atoms with van der Waals surface area (Å²) in [4.78, 5) is 30.7. The van der Waals surface area contributed by atoms with Crippen molar-refractivity contribution in [2.75, 3.05) is 118 Å². The minimum atomic E-state index is -2.91. The fraction of sp³-hybridized carbons (Fsp3) is 0.559. The number of aromatic nitrogens is 6. The quantitative estimate of drug-likeness (QED) is 0.307. The van der Waals surface area contributed by atoms with Gasteiger partial charge in [-0.3, -0.25) is 4.57 Å². The SMILES string of the molecule is CC1(C)CN(c2cc(N3CCOCC3)nc(-n3c(C(F)F)nc4c(Cl)c(O)ccc43)n2)CCO1.c1nc(N2CCOCC2)cc(N2CCOCC2)n1. The number of nitrogens with zero attached hydrogens (tertiary/aromatic N) is 10. The molecule has 0 atom stereocenters. The van der Waals surface area contributed by atoms with E-state index >= 15 is 0 Å². The van der Waals surface area contributed by atoms with E-state index in [0.29, 0.717) is 57.6 Å². The lowest BCUT2D eigenvalue weighted by Gasteiger charge is -2.39. The molecule has 15 nitrogen and oxygen atoms in total. The lowest BCUT2D eigenvalue weighted by atomic mass is 10.1. The van der Waals surface area contributed by atoms with E-state index < -0.39 is 12.2 Å². The van der Waals surface area contributed by atoms with Crippen LogP contribution in [0.1, 0.15) is 26.1 Å². The Labute approximate surface area is 305 Å². The first-order valence-electron chi connectivity index (χ1n) is 17.4. The summed E-state index contributed by atoms with van der Waals surface area (Å²) in [7, 11) is 0. The molecule has 52 heavy (non-hydrogen) atoms. The first-order valence-corrected chi connectivity index (χ1v) is 17.8. The van der Waals surface area contributed by atoms with Gasteiger partial charge in [-0.25, -0.2) is 23.7 Å². The van der Waals surface area contributed by atoms with Gasteiger partial charge in [0.15, 0.2) is 5.82 Å². The van der Waals surface area contributed by atoms with E-state index in [4.69, 9.17) is 35.5 Å². The van der Waals surface area contributed by atoms with Crippen LogP contribution >= 0.6 is 11.6 Å². The summed E-state index contributed by atoms with van der Waals surface area (Å²) in [6.07, 6.45) is -1.26. The third-order valence-electron chi connectivity index (χ3n) is 9.25. The molecular formula is C34H43ClF2N10O5. The van der Waals surface area contributed by atoms with Crippen LogP contribution in [0.15, 0.2) is 30.6 Å². The number of hydrogen-bond donors (Lipinski definition) is 1. The van der Waals surface area contributed by atoms with Gasteiger partial charge in [-0.2, -0.15) is 9.97 Å². The van der Waals surface area contributed by atoms with Crippen LogP contribution in [0.3, 0.4) is 0 Å². The highest BCUT2D eigenvalue weighted by molar-refractivity contribution is 6.36. The number of fused-ring (bicyclic) bond motifs is 1. The second kappa shape index (κ2) is 15.8. The number of phenolic OH excluding ortho intramolecular Hbond substituents is 1. The van der Waals surface area contributed by atoms with E-state index in [2.05, 4.69) is 40.7 Å². The number of rotatable bonds is 6. The van der Waals surface area contributed by atoms with Crippen molar-refractivity contribution >= 4 is 45.9 Å². The Morgan fingerprint density at radius 2 is 1.21 bits per heavy atom. The summed E-state index contributed by atoms with van der Waals surface area (Å²) in [6, 6.07) is 6.76. The molecule has 0 radical (unpaired) electrons. The van der Waals surface area contributed by atoms with Crippen LogP contribution in [0.5, 0.6) is 5.75 Å². The van der Waals surface area contributed by atoms with Crippen LogP contribution in [-0.4, -0.2) is 139 Å². The molecule has 0 aliphatic carbocycles. The van der Waals surface area contributed by atoms with E-state index in [0.717, 1.165) is 64.2 Å². The lowest BCUT2D eigenvalue weighted by molar-refractivity contribution is -0.0279. The van der Waals surface area contributed by atoms with E-state index in [1.807, 2.05) is 24.8 Å². The maximum atomic E-state index is 14.1. The van der Waals surface area contributed by atoms with Crippen LogP contribution in [0.25, 0.3) is 17.0 Å². The third-order valence-corrected chi connectivity index (χ3v) is 9.62. The second-order valence-corrected chi connectivity index (χ2v) is 13.7. The molecule has 0 unspecified atom stereocenters. The number of imidazole rings is 1. The standard InChI is InChI=1S/C22H25ClF2N6O3.C12H18N4O2/c1-22(2)12-30(7-10-34-22)16-11-15(29-5-8-33-9-6-29)26-21(27-16)31-13-3-4-14(32)17(23)18(13)28-20(31)19(24)25;1-5-17-6-2-15(1)11-9-12(14-10-13-11)16-3-7-18-8-4-16/h3-4,11,19,32H,5-10,12H2,1-2H3;9-10H,1-8H2. The molecule has 4 aliphatic rings. The molecular weight excluding hydrogens is 702 g/mol. The Bertz CT molecular complexity index is 1800. The monoisotopic (exact) mass is 744 g/mol. The number of morpholine rings is 4. The van der Waals surface area contributed by atoms with Gasteiger partial charge in [0.05, 0.1) is 57.4 Å². The minimum Gasteiger partial charge on any atom is -0.506 e. The molecule has 7 heterocycles. The predicted molar refractivity (Wildman–Crippen MR) is 192 cm³/mol. The summed E-state index contributed by atoms with van der Waals surface area (Å²) in [5, 5.41) is 9.87. The second-order valence-electron chi connectivity index (χ2n) is 13.3. The van der Waals surface area contributed by atoms with Crippen molar-refractivity contribution in [1.82, 2.24) is 29.5 Å². The molecule has 1 N–H and O–H groups in total. The maximum Gasteiger partial charge on any atom is 0.296 e. The third kappa shape index (κ3) is 8.07. The minimum absolute atomic E-state index is 0.0582. The number of aromatic hydroxyl groups is 1. The molecule has 18 heteroatoms. The Kier molecular flexibility index (Phi) is 11.0. The smallest absolute Gasteiger partial charge is 0.296 e. The summed E-state index contributed by atoms with van der Waals surface area (Å²) in [5.41, 5.74) is -0.0412. The molecule has 4 saturated heterocycles. The normalized spacial score (nSPS) is 19.6. The van der Waals surface area contributed by atoms with E-state index in [1.54, 1.807) is 6.33 Å². The molecule has 0 spiro atoms. The van der Waals surface area contributed by atoms with E-state index in [1.165, 1.54) is 16.7 Å². The molecule has 3 aromatic heterocycles. The Hall–Kier alpha value is -4.16. The molecule has 0 bridgehead atoms. The van der Waals surface area contributed by atoms with Gasteiger partial charge in [0.2, 0.25) is 5.95 Å². The van der Waals surface area contributed by atoms with Crippen molar-refractivity contribution < 1.29 is 32.8 Å². The highest BCUT2D eigenvalue weighted by Gasteiger charge is 2.31. The number of halogens is 3. The van der Waals surface area contributed by atoms with Crippen molar-refractivity contribution in [1.29, 1.82) is 0 Å². The van der Waals surface area contributed by atoms with Crippen molar-refractivity contribution in [3.63, 3.8) is 0 Å². The first kappa shape index (κ1) is 36.2. The molecule has 1 aromatic carbocycles. The molecule has 4 aliphatic heterocycles. The van der Waals surface area contributed by atoms with Gasteiger partial charge in [0.1, 0.15) is 45.9 Å². The van der Waals surface area contributed by atoms with E-state index in [-0.39, 0.29) is 33.4 Å². The Balaban J connectivity index is 0.000000196. The highest BCUT2D eigenvalue weighted by atomic mass is 35.5. The molecule has 0 amide bonds. The van der Waals surface area contributed by atoms with Gasteiger partial charge in [-0.1, -0.05) is 11.6 Å². The van der Waals surface area contributed by atoms with Crippen LogP contribution in [0.4, 0.5) is 32.1 Å². The van der Waals surface area contributed by atoms with Gasteiger partial charge < -0.3 is 43.7 Å². The zero-order valence-electron chi connectivity index (χ0n) is 29.3. The number of alkyl halides is 2. The van der Waals surface area contributed by atoms with Crippen molar-refractivity contribution in [3.8, 4) is 11.7 Å². The largest absolute Gasteiger partial charge is 0.506 e. The van der Waals surface area contributed by atoms with Crippen molar-refractivity contribution in [3.05, 3.63) is 41.4 Å². The van der Waals surface area contributed by atoms with Gasteiger partial charge in [-0.15, -0.1) is 0 Å². The molecule has 280 valence electrons. The highest BCUT2D eigenvalue weighted by Crippen LogP contribution is 2.36. The summed E-state index contributed by atoms with van der Waals surface area (Å²) < 4.78 is 51.4. The lowest BCUT2D eigenvalue weighted by Crippen LogP contribution is -2.48. The molecule has 8 rings (SSSR count). The molecule has 4 fully saturated rings. The number of ether oxygens (including phenoxy) is 4. The zero-order valence-corrected chi connectivity index (χ0v) is 30.0. The zero-order chi connectivity index (χ0) is 36.2. The Morgan fingerprint density at radius 3 is 1.75 bits per heavy atom. The number of benzene rings is 1.